The number of amides is 1. The van der Waals surface area contributed by atoms with Gasteiger partial charge in [0, 0.05) is 34.7 Å². The molecule has 9 heteroatoms. The van der Waals surface area contributed by atoms with Gasteiger partial charge in [0.25, 0.3) is 0 Å². The molecule has 0 radical (unpaired) electrons. The van der Waals surface area contributed by atoms with Gasteiger partial charge in [-0.25, -0.2) is 4.98 Å². The van der Waals surface area contributed by atoms with Crippen molar-refractivity contribution in [1.82, 2.24) is 4.98 Å². The van der Waals surface area contributed by atoms with E-state index in [0.717, 1.165) is 21.9 Å². The summed E-state index contributed by atoms with van der Waals surface area (Å²) in [6.45, 7) is 3.54. The number of nitrogens with one attached hydrogen (secondary N) is 1. The van der Waals surface area contributed by atoms with Gasteiger partial charge in [0.2, 0.25) is 11.8 Å². The summed E-state index contributed by atoms with van der Waals surface area (Å²) in [6, 6.07) is 28.1. The molecule has 216 valence electrons. The summed E-state index contributed by atoms with van der Waals surface area (Å²) in [5, 5.41) is 4.43. The van der Waals surface area contributed by atoms with Gasteiger partial charge in [-0.05, 0) is 65.6 Å². The number of benzene rings is 4. The Balaban J connectivity index is 1.35. The second-order valence-corrected chi connectivity index (χ2v) is 12.6. The van der Waals surface area contributed by atoms with E-state index in [4.69, 9.17) is 21.0 Å². The van der Waals surface area contributed by atoms with Gasteiger partial charge >= 0.3 is 7.60 Å². The van der Waals surface area contributed by atoms with Gasteiger partial charge in [0.1, 0.15) is 11.5 Å². The van der Waals surface area contributed by atoms with Crippen molar-refractivity contribution in [3.8, 4) is 22.7 Å². The number of anilines is 1. The normalized spacial score (nSPS) is 12.0. The van der Waals surface area contributed by atoms with E-state index in [0.29, 0.717) is 52.9 Å². The Bertz CT molecular complexity index is 1760. The number of aryl methyl sites for hydroxylation is 1. The zero-order valence-corrected chi connectivity index (χ0v) is 25.0. The molecule has 0 bridgehead atoms. The first kappa shape index (κ1) is 29.7. The Hall–Kier alpha value is -3.74. The number of hydrogen-bond donors (Lipinski definition) is 3. The summed E-state index contributed by atoms with van der Waals surface area (Å²) in [4.78, 5) is 37.8. The Morgan fingerprint density at radius 1 is 0.905 bits per heavy atom. The zero-order valence-electron chi connectivity index (χ0n) is 23.4. The zero-order chi connectivity index (χ0) is 29.9. The molecule has 42 heavy (non-hydrogen) atoms. The lowest BCUT2D eigenvalue weighted by Gasteiger charge is -2.33. The van der Waals surface area contributed by atoms with Gasteiger partial charge in [0.05, 0.1) is 5.16 Å². The first-order chi connectivity index (χ1) is 20.1. The average molecular weight is 603 g/mol. The first-order valence-corrected chi connectivity index (χ1v) is 15.8. The van der Waals surface area contributed by atoms with Crippen LogP contribution in [0, 0.1) is 0 Å². The molecule has 4 aromatic carbocycles. The SMILES string of the molecule is CCC(CC)(c1ccc(NC(=O)CCc2oc(-c3ccc4ccccc4c3)nc2-c2ccc(Cl)cc2)cc1)P(=O)(O)O. The summed E-state index contributed by atoms with van der Waals surface area (Å²) in [6.07, 6.45) is 1.06. The van der Waals surface area contributed by atoms with Gasteiger partial charge in [0.15, 0.2) is 0 Å². The topological polar surface area (TPSA) is 113 Å². The maximum Gasteiger partial charge on any atom is 0.335 e. The summed E-state index contributed by atoms with van der Waals surface area (Å²) < 4.78 is 18.5. The average Bonchev–Trinajstić information content (AvgIpc) is 3.41. The minimum absolute atomic E-state index is 0.144. The van der Waals surface area contributed by atoms with E-state index in [2.05, 4.69) is 5.32 Å². The minimum Gasteiger partial charge on any atom is -0.440 e. The molecule has 0 aliphatic heterocycles. The van der Waals surface area contributed by atoms with Crippen LogP contribution in [0.3, 0.4) is 0 Å². The number of halogens is 1. The Labute approximate surface area is 249 Å². The summed E-state index contributed by atoms with van der Waals surface area (Å²) in [5.41, 5.74) is 3.42. The predicted octanol–water partition coefficient (Wildman–Crippen LogP) is 8.58. The van der Waals surface area contributed by atoms with Gasteiger partial charge in [-0.1, -0.05) is 80.0 Å². The quantitative estimate of drug-likeness (QED) is 0.138. The van der Waals surface area contributed by atoms with Crippen molar-refractivity contribution in [3.05, 3.63) is 107 Å². The Morgan fingerprint density at radius 2 is 1.55 bits per heavy atom. The van der Waals surface area contributed by atoms with Crippen molar-refractivity contribution in [1.29, 1.82) is 0 Å². The number of carbonyl (C=O) groups is 1. The van der Waals surface area contributed by atoms with Crippen LogP contribution in [-0.2, 0) is 20.9 Å². The van der Waals surface area contributed by atoms with Crippen LogP contribution >= 0.6 is 19.2 Å². The maximum atomic E-state index is 12.9. The lowest BCUT2D eigenvalue weighted by atomic mass is 9.92. The third kappa shape index (κ3) is 6.06. The van der Waals surface area contributed by atoms with E-state index >= 15 is 0 Å². The van der Waals surface area contributed by atoms with E-state index in [9.17, 15) is 19.1 Å². The van der Waals surface area contributed by atoms with E-state index in [1.165, 1.54) is 0 Å². The minimum atomic E-state index is -4.39. The van der Waals surface area contributed by atoms with Crippen molar-refractivity contribution in [2.75, 3.05) is 5.32 Å². The monoisotopic (exact) mass is 602 g/mol. The van der Waals surface area contributed by atoms with Crippen LogP contribution < -0.4 is 5.32 Å². The molecule has 1 heterocycles. The van der Waals surface area contributed by atoms with Crippen molar-refractivity contribution >= 4 is 41.6 Å². The highest BCUT2D eigenvalue weighted by Gasteiger charge is 2.45. The van der Waals surface area contributed by atoms with Crippen LogP contribution in [0.15, 0.2) is 95.4 Å². The number of nitrogens with zero attached hydrogens (tertiary/aromatic N) is 1. The largest absolute Gasteiger partial charge is 0.440 e. The summed E-state index contributed by atoms with van der Waals surface area (Å²) in [7, 11) is -4.39. The number of rotatable bonds is 10. The predicted molar refractivity (Wildman–Crippen MR) is 168 cm³/mol. The first-order valence-electron chi connectivity index (χ1n) is 13.8. The molecule has 0 spiro atoms. The number of oxazole rings is 1. The molecule has 0 saturated heterocycles. The van der Waals surface area contributed by atoms with Gasteiger partial charge in [-0.2, -0.15) is 0 Å². The fourth-order valence-electron chi connectivity index (χ4n) is 5.35. The number of aromatic nitrogens is 1. The molecular weight excluding hydrogens is 571 g/mol. The highest BCUT2D eigenvalue weighted by atomic mass is 35.5. The lowest BCUT2D eigenvalue weighted by Crippen LogP contribution is -2.24. The van der Waals surface area contributed by atoms with Crippen molar-refractivity contribution in [2.24, 2.45) is 0 Å². The van der Waals surface area contributed by atoms with Crippen LogP contribution in [0.4, 0.5) is 5.69 Å². The third-order valence-corrected chi connectivity index (χ3v) is 10.1. The smallest absolute Gasteiger partial charge is 0.335 e. The molecule has 1 amide bonds. The molecule has 5 rings (SSSR count). The lowest BCUT2D eigenvalue weighted by molar-refractivity contribution is -0.116. The molecule has 0 unspecified atom stereocenters. The molecule has 1 aromatic heterocycles. The number of hydrogen-bond acceptors (Lipinski definition) is 4. The van der Waals surface area contributed by atoms with E-state index < -0.39 is 12.8 Å². The highest BCUT2D eigenvalue weighted by molar-refractivity contribution is 7.53. The van der Waals surface area contributed by atoms with E-state index in [-0.39, 0.29) is 12.3 Å². The maximum absolute atomic E-state index is 12.9. The van der Waals surface area contributed by atoms with E-state index in [1.54, 1.807) is 50.2 Å². The fraction of sp³-hybridized carbons (Fsp3) is 0.212. The summed E-state index contributed by atoms with van der Waals surface area (Å²) in [5.74, 6) is 0.834. The molecule has 0 aliphatic carbocycles. The van der Waals surface area contributed by atoms with Crippen LogP contribution in [0.1, 0.15) is 44.4 Å². The number of carbonyl (C=O) groups excluding carboxylic acids is 1. The van der Waals surface area contributed by atoms with Gasteiger partial charge < -0.3 is 19.5 Å². The second-order valence-electron chi connectivity index (χ2n) is 10.3. The van der Waals surface area contributed by atoms with Crippen molar-refractivity contribution in [3.63, 3.8) is 0 Å². The highest BCUT2D eigenvalue weighted by Crippen LogP contribution is 2.60. The molecule has 0 atom stereocenters. The third-order valence-electron chi connectivity index (χ3n) is 7.82. The molecule has 7 nitrogen and oxygen atoms in total. The van der Waals surface area contributed by atoms with Crippen LogP contribution in [0.2, 0.25) is 5.02 Å². The second kappa shape index (κ2) is 12.2. The molecule has 5 aromatic rings. The Morgan fingerprint density at radius 3 is 2.19 bits per heavy atom. The number of fused-ring (bicyclic) bond motifs is 1. The molecule has 3 N–H and O–H groups in total. The fourth-order valence-corrected chi connectivity index (χ4v) is 6.79. The van der Waals surface area contributed by atoms with Gasteiger partial charge in [-0.15, -0.1) is 0 Å². The molecule has 0 fully saturated rings. The molecule has 0 aliphatic rings. The van der Waals surface area contributed by atoms with Gasteiger partial charge in [-0.3, -0.25) is 9.36 Å². The Kier molecular flexibility index (Phi) is 8.67. The van der Waals surface area contributed by atoms with E-state index in [1.807, 2.05) is 54.6 Å². The van der Waals surface area contributed by atoms with Crippen LogP contribution in [0.25, 0.3) is 33.5 Å². The van der Waals surface area contributed by atoms with Crippen molar-refractivity contribution < 1.29 is 23.6 Å². The molecule has 0 saturated carbocycles. The molecular formula is C33H32ClN2O5P. The summed E-state index contributed by atoms with van der Waals surface area (Å²) >= 11 is 6.11. The van der Waals surface area contributed by atoms with Crippen LogP contribution in [0.5, 0.6) is 0 Å². The standard InChI is InChI=1S/C33H32ClN2O5P/c1-3-33(4-2,42(38,39)40)26-13-17-28(18-14-26)35-30(37)20-19-29-31(23-11-15-27(34)16-12-23)36-32(41-29)25-10-9-22-7-5-6-8-24(22)21-25/h5-18,21H,3-4,19-20H2,1-2H3,(H,35,37)(H2,38,39,40). The van der Waals surface area contributed by atoms with Crippen LogP contribution in [-0.4, -0.2) is 20.7 Å². The van der Waals surface area contributed by atoms with Crippen molar-refractivity contribution in [2.45, 2.75) is 44.7 Å².